The number of benzene rings is 1. The smallest absolute Gasteiger partial charge is 0.146 e. The highest BCUT2D eigenvalue weighted by Gasteiger charge is 2.27. The van der Waals surface area contributed by atoms with Gasteiger partial charge in [0.25, 0.3) is 0 Å². The first-order chi connectivity index (χ1) is 14.7. The minimum Gasteiger partial charge on any atom is -0.379 e. The Hall–Kier alpha value is -2.06. The molecular formula is C23H28N4O2S. The van der Waals surface area contributed by atoms with Crippen molar-refractivity contribution in [1.82, 2.24) is 14.9 Å². The summed E-state index contributed by atoms with van der Waals surface area (Å²) in [5, 5.41) is 3.39. The van der Waals surface area contributed by atoms with Crippen molar-refractivity contribution < 1.29 is 9.47 Å². The van der Waals surface area contributed by atoms with E-state index < -0.39 is 0 Å². The number of ether oxygens (including phenoxy) is 2. The topological polar surface area (TPSA) is 50.7 Å². The highest BCUT2D eigenvalue weighted by molar-refractivity contribution is 7.17. The van der Waals surface area contributed by atoms with E-state index in [-0.39, 0.29) is 12.2 Å². The van der Waals surface area contributed by atoms with Crippen LogP contribution in [0.3, 0.4) is 0 Å². The van der Waals surface area contributed by atoms with E-state index in [0.29, 0.717) is 0 Å². The van der Waals surface area contributed by atoms with Gasteiger partial charge in [0.1, 0.15) is 16.5 Å². The van der Waals surface area contributed by atoms with Gasteiger partial charge in [-0.15, -0.1) is 11.3 Å². The van der Waals surface area contributed by atoms with Crippen molar-refractivity contribution in [2.75, 3.05) is 44.3 Å². The lowest BCUT2D eigenvalue weighted by Gasteiger charge is -2.36. The third-order valence-corrected chi connectivity index (χ3v) is 6.61. The zero-order valence-electron chi connectivity index (χ0n) is 17.6. The zero-order valence-corrected chi connectivity index (χ0v) is 18.4. The van der Waals surface area contributed by atoms with Crippen LogP contribution in [-0.4, -0.2) is 66.5 Å². The van der Waals surface area contributed by atoms with Gasteiger partial charge in [0.05, 0.1) is 37.4 Å². The van der Waals surface area contributed by atoms with Crippen molar-refractivity contribution in [3.05, 3.63) is 41.5 Å². The molecule has 2 atom stereocenters. The molecule has 0 unspecified atom stereocenters. The molecular weight excluding hydrogens is 396 g/mol. The van der Waals surface area contributed by atoms with Crippen molar-refractivity contribution in [2.45, 2.75) is 32.6 Å². The summed E-state index contributed by atoms with van der Waals surface area (Å²) >= 11 is 1.71. The average Bonchev–Trinajstić information content (AvgIpc) is 3.18. The molecule has 2 aromatic heterocycles. The molecule has 0 spiro atoms. The van der Waals surface area contributed by atoms with Crippen LogP contribution < -0.4 is 4.90 Å². The van der Waals surface area contributed by atoms with Crippen LogP contribution in [-0.2, 0) is 16.0 Å². The Bertz CT molecular complexity index is 993. The molecule has 158 valence electrons. The van der Waals surface area contributed by atoms with Crippen molar-refractivity contribution >= 4 is 27.4 Å². The first kappa shape index (κ1) is 19.9. The van der Waals surface area contributed by atoms with Gasteiger partial charge in [-0.2, -0.15) is 0 Å². The van der Waals surface area contributed by atoms with E-state index in [0.717, 1.165) is 62.4 Å². The first-order valence-corrected chi connectivity index (χ1v) is 11.6. The molecule has 1 aromatic carbocycles. The Balaban J connectivity index is 1.59. The van der Waals surface area contributed by atoms with Crippen LogP contribution in [0.5, 0.6) is 0 Å². The molecule has 0 bridgehead atoms. The fourth-order valence-electron chi connectivity index (χ4n) is 4.41. The second kappa shape index (κ2) is 8.59. The van der Waals surface area contributed by atoms with Crippen LogP contribution >= 0.6 is 11.3 Å². The molecule has 2 saturated heterocycles. The number of rotatable bonds is 4. The predicted octanol–water partition coefficient (Wildman–Crippen LogP) is 3.80. The van der Waals surface area contributed by atoms with Crippen molar-refractivity contribution in [3.63, 3.8) is 0 Å². The lowest BCUT2D eigenvalue weighted by molar-refractivity contribution is -0.00541. The SMILES string of the molecule is C[C@@H]1CN(c2nc(CN3CCOCC3)nc3scc(-c4ccccc4)c23)C[C@H](C)O1. The Morgan fingerprint density at radius 3 is 2.50 bits per heavy atom. The van der Waals surface area contributed by atoms with Gasteiger partial charge in [-0.3, -0.25) is 4.90 Å². The molecule has 0 radical (unpaired) electrons. The quantitative estimate of drug-likeness (QED) is 0.635. The van der Waals surface area contributed by atoms with Gasteiger partial charge in [-0.05, 0) is 19.4 Å². The molecule has 7 heteroatoms. The van der Waals surface area contributed by atoms with Crippen LogP contribution in [0.25, 0.3) is 21.3 Å². The number of thiophene rings is 1. The monoisotopic (exact) mass is 424 g/mol. The van der Waals surface area contributed by atoms with Crippen LogP contribution in [0.15, 0.2) is 35.7 Å². The fourth-order valence-corrected chi connectivity index (χ4v) is 5.37. The van der Waals surface area contributed by atoms with Gasteiger partial charge in [0.2, 0.25) is 0 Å². The van der Waals surface area contributed by atoms with Gasteiger partial charge in [0.15, 0.2) is 0 Å². The summed E-state index contributed by atoms with van der Waals surface area (Å²) in [6.07, 6.45) is 0.362. The van der Waals surface area contributed by atoms with Crippen LogP contribution in [0.4, 0.5) is 5.82 Å². The molecule has 4 heterocycles. The van der Waals surface area contributed by atoms with Gasteiger partial charge < -0.3 is 14.4 Å². The van der Waals surface area contributed by atoms with Gasteiger partial charge in [-0.1, -0.05) is 30.3 Å². The second-order valence-corrected chi connectivity index (χ2v) is 9.07. The van der Waals surface area contributed by atoms with Crippen LogP contribution in [0.2, 0.25) is 0 Å². The van der Waals surface area contributed by atoms with E-state index >= 15 is 0 Å². The number of anilines is 1. The molecule has 30 heavy (non-hydrogen) atoms. The summed E-state index contributed by atoms with van der Waals surface area (Å²) in [6.45, 7) is 10.2. The molecule has 5 rings (SSSR count). The number of aromatic nitrogens is 2. The summed E-state index contributed by atoms with van der Waals surface area (Å²) < 4.78 is 11.5. The van der Waals surface area contributed by atoms with E-state index in [2.05, 4.69) is 59.4 Å². The van der Waals surface area contributed by atoms with E-state index in [1.54, 1.807) is 11.3 Å². The van der Waals surface area contributed by atoms with Crippen molar-refractivity contribution in [1.29, 1.82) is 0 Å². The van der Waals surface area contributed by atoms with Gasteiger partial charge >= 0.3 is 0 Å². The van der Waals surface area contributed by atoms with E-state index in [1.807, 2.05) is 0 Å². The summed E-state index contributed by atoms with van der Waals surface area (Å²) in [7, 11) is 0. The van der Waals surface area contributed by atoms with Crippen molar-refractivity contribution in [2.24, 2.45) is 0 Å². The Morgan fingerprint density at radius 1 is 1.03 bits per heavy atom. The molecule has 2 fully saturated rings. The third-order valence-electron chi connectivity index (χ3n) is 5.73. The number of hydrogen-bond donors (Lipinski definition) is 0. The molecule has 0 amide bonds. The molecule has 0 N–H and O–H groups in total. The number of hydrogen-bond acceptors (Lipinski definition) is 7. The molecule has 6 nitrogen and oxygen atoms in total. The Kier molecular flexibility index (Phi) is 5.69. The number of nitrogens with zero attached hydrogens (tertiary/aromatic N) is 4. The molecule has 2 aliphatic rings. The molecule has 0 saturated carbocycles. The fraction of sp³-hybridized carbons (Fsp3) is 0.478. The zero-order chi connectivity index (χ0) is 20.5. The lowest BCUT2D eigenvalue weighted by atomic mass is 10.1. The predicted molar refractivity (Wildman–Crippen MR) is 121 cm³/mol. The average molecular weight is 425 g/mol. The minimum atomic E-state index is 0.181. The molecule has 3 aromatic rings. The third kappa shape index (κ3) is 4.07. The standard InChI is InChI=1S/C23H28N4O2S/c1-16-12-27(13-17(2)29-16)22-21-19(18-6-4-3-5-7-18)15-30-23(21)25-20(24-22)14-26-8-10-28-11-9-26/h3-7,15-17H,8-14H2,1-2H3/t16-,17+. The summed E-state index contributed by atoms with van der Waals surface area (Å²) in [4.78, 5) is 15.9. The lowest BCUT2D eigenvalue weighted by Crippen LogP contribution is -2.46. The highest BCUT2D eigenvalue weighted by Crippen LogP contribution is 2.39. The van der Waals surface area contributed by atoms with E-state index in [9.17, 15) is 0 Å². The summed E-state index contributed by atoms with van der Waals surface area (Å²) in [6, 6.07) is 10.6. The molecule has 0 aliphatic carbocycles. The Labute approximate surface area is 181 Å². The van der Waals surface area contributed by atoms with Crippen molar-refractivity contribution in [3.8, 4) is 11.1 Å². The largest absolute Gasteiger partial charge is 0.379 e. The van der Waals surface area contributed by atoms with Gasteiger partial charge in [-0.25, -0.2) is 9.97 Å². The number of fused-ring (bicyclic) bond motifs is 1. The van der Waals surface area contributed by atoms with Crippen LogP contribution in [0.1, 0.15) is 19.7 Å². The maximum absolute atomic E-state index is 5.99. The van der Waals surface area contributed by atoms with Crippen LogP contribution in [0, 0.1) is 0 Å². The second-order valence-electron chi connectivity index (χ2n) is 8.21. The van der Waals surface area contributed by atoms with Gasteiger partial charge in [0, 0.05) is 37.1 Å². The number of morpholine rings is 2. The summed E-state index contributed by atoms with van der Waals surface area (Å²) in [5.74, 6) is 1.94. The maximum Gasteiger partial charge on any atom is 0.146 e. The Morgan fingerprint density at radius 2 is 1.77 bits per heavy atom. The normalized spacial score (nSPS) is 23.2. The highest BCUT2D eigenvalue weighted by atomic mass is 32.1. The van der Waals surface area contributed by atoms with E-state index in [1.165, 1.54) is 16.5 Å². The minimum absolute atomic E-state index is 0.181. The summed E-state index contributed by atoms with van der Waals surface area (Å²) in [5.41, 5.74) is 2.43. The molecule has 2 aliphatic heterocycles. The maximum atomic E-state index is 5.99. The first-order valence-electron chi connectivity index (χ1n) is 10.7. The van der Waals surface area contributed by atoms with E-state index in [4.69, 9.17) is 19.4 Å².